The lowest BCUT2D eigenvalue weighted by atomic mass is 9.96. The highest BCUT2D eigenvalue weighted by atomic mass is 35.5. The molecule has 2 N–H and O–H groups in total. The van der Waals surface area contributed by atoms with Gasteiger partial charge in [-0.15, -0.1) is 0 Å². The number of fused-ring (bicyclic) bond motifs is 1. The number of nitrogens with one attached hydrogen (secondary N) is 2. The molecule has 0 spiro atoms. The minimum absolute atomic E-state index is 0.0132. The Bertz CT molecular complexity index is 1490. The summed E-state index contributed by atoms with van der Waals surface area (Å²) in [6.45, 7) is 2.10. The third kappa shape index (κ3) is 6.51. The molecule has 6 nitrogen and oxygen atoms in total. The van der Waals surface area contributed by atoms with Crippen LogP contribution in [-0.2, 0) is 24.1 Å². The first-order chi connectivity index (χ1) is 19.2. The number of halogens is 5. The first-order valence-corrected chi connectivity index (χ1v) is 13.2. The van der Waals surface area contributed by atoms with Crippen LogP contribution in [0.25, 0.3) is 10.9 Å². The van der Waals surface area contributed by atoms with E-state index in [0.717, 1.165) is 49.2 Å². The van der Waals surface area contributed by atoms with E-state index in [4.69, 9.17) is 11.6 Å². The Balaban J connectivity index is 1.36. The zero-order chi connectivity index (χ0) is 28.3. The molecule has 3 aromatic carbocycles. The molecule has 0 bridgehead atoms. The van der Waals surface area contributed by atoms with Gasteiger partial charge in [-0.2, -0.15) is 13.2 Å². The van der Waals surface area contributed by atoms with Crippen molar-refractivity contribution in [1.82, 2.24) is 15.3 Å². The average Bonchev–Trinajstić information content (AvgIpc) is 2.95. The van der Waals surface area contributed by atoms with Crippen LogP contribution < -0.4 is 15.5 Å². The first-order valence-electron chi connectivity index (χ1n) is 12.8. The topological polar surface area (TPSA) is 70.2 Å². The van der Waals surface area contributed by atoms with Crippen LogP contribution in [-0.4, -0.2) is 29.0 Å². The van der Waals surface area contributed by atoms with Gasteiger partial charge in [0.1, 0.15) is 11.6 Å². The van der Waals surface area contributed by atoms with E-state index < -0.39 is 11.7 Å². The smallest absolute Gasteiger partial charge is 0.365 e. The molecule has 1 fully saturated rings. The van der Waals surface area contributed by atoms with Gasteiger partial charge in [0.15, 0.2) is 0 Å². The van der Waals surface area contributed by atoms with E-state index in [-0.39, 0.29) is 40.7 Å². The molecule has 40 heavy (non-hydrogen) atoms. The van der Waals surface area contributed by atoms with Gasteiger partial charge in [0.25, 0.3) is 0 Å². The maximum Gasteiger partial charge on any atom is 0.416 e. The average molecular weight is 572 g/mol. The van der Waals surface area contributed by atoms with Gasteiger partial charge < -0.3 is 15.5 Å². The Morgan fingerprint density at radius 3 is 2.33 bits per heavy atom. The fourth-order valence-electron chi connectivity index (χ4n) is 4.75. The molecular formula is C29H26ClF4N5O. The molecule has 0 radical (unpaired) electrons. The summed E-state index contributed by atoms with van der Waals surface area (Å²) in [5.41, 5.74) is 1.80. The molecule has 1 aromatic heterocycles. The quantitative estimate of drug-likeness (QED) is 0.194. The fraction of sp³-hybridized carbons (Fsp3) is 0.276. The summed E-state index contributed by atoms with van der Waals surface area (Å²) in [6.07, 6.45) is -3.02. The lowest BCUT2D eigenvalue weighted by molar-refractivity contribution is -0.137. The summed E-state index contributed by atoms with van der Waals surface area (Å²) in [5, 5.41) is 6.46. The molecule has 0 aliphatic carbocycles. The number of hydrogen-bond donors (Lipinski definition) is 2. The molecule has 208 valence electrons. The summed E-state index contributed by atoms with van der Waals surface area (Å²) >= 11 is 6.01. The summed E-state index contributed by atoms with van der Waals surface area (Å²) < 4.78 is 53.3. The predicted octanol–water partition coefficient (Wildman–Crippen LogP) is 6.59. The van der Waals surface area contributed by atoms with Crippen molar-refractivity contribution in [3.05, 3.63) is 94.5 Å². The number of nitrogens with zero attached hydrogens (tertiary/aromatic N) is 3. The number of hydrogen-bond acceptors (Lipinski definition) is 5. The van der Waals surface area contributed by atoms with Gasteiger partial charge in [-0.1, -0.05) is 24.3 Å². The van der Waals surface area contributed by atoms with Gasteiger partial charge in [0.05, 0.1) is 17.6 Å². The minimum Gasteiger partial charge on any atom is -0.365 e. The van der Waals surface area contributed by atoms with Gasteiger partial charge in [0, 0.05) is 23.5 Å². The van der Waals surface area contributed by atoms with E-state index in [0.29, 0.717) is 17.7 Å². The van der Waals surface area contributed by atoms with Crippen LogP contribution in [0.1, 0.15) is 29.5 Å². The van der Waals surface area contributed by atoms with Crippen LogP contribution in [0.15, 0.2) is 66.7 Å². The first kappa shape index (κ1) is 27.8. The van der Waals surface area contributed by atoms with Crippen molar-refractivity contribution < 1.29 is 22.4 Å². The summed E-state index contributed by atoms with van der Waals surface area (Å²) in [5.74, 6) is -0.256. The molecular weight excluding hydrogens is 546 g/mol. The summed E-state index contributed by atoms with van der Waals surface area (Å²) in [6, 6.07) is 16.6. The van der Waals surface area contributed by atoms with E-state index in [1.807, 2.05) is 24.3 Å². The van der Waals surface area contributed by atoms with Gasteiger partial charge in [-0.05, 0) is 91.1 Å². The maximum absolute atomic E-state index is 13.5. The summed E-state index contributed by atoms with van der Waals surface area (Å²) in [4.78, 5) is 23.4. The molecule has 2 heterocycles. The number of alkyl halides is 3. The predicted molar refractivity (Wildman–Crippen MR) is 147 cm³/mol. The molecule has 1 aliphatic rings. The number of carbonyl (C=O) groups is 1. The molecule has 1 amide bonds. The van der Waals surface area contributed by atoms with Crippen LogP contribution in [0.3, 0.4) is 0 Å². The second-order valence-corrected chi connectivity index (χ2v) is 10.0. The van der Waals surface area contributed by atoms with Gasteiger partial charge >= 0.3 is 6.18 Å². The normalized spacial score (nSPS) is 14.3. The number of aromatic nitrogens is 2. The van der Waals surface area contributed by atoms with Crippen molar-refractivity contribution in [3.8, 4) is 0 Å². The molecule has 1 aliphatic heterocycles. The Labute approximate surface area is 233 Å². The molecule has 4 aromatic rings. The zero-order valence-corrected chi connectivity index (χ0v) is 22.1. The lowest BCUT2D eigenvalue weighted by Crippen LogP contribution is -2.40. The number of benzene rings is 3. The van der Waals surface area contributed by atoms with E-state index in [2.05, 4.69) is 20.6 Å². The van der Waals surface area contributed by atoms with Crippen LogP contribution >= 0.6 is 11.6 Å². The van der Waals surface area contributed by atoms with Crippen LogP contribution in [0.2, 0.25) is 5.28 Å². The van der Waals surface area contributed by atoms with Crippen molar-refractivity contribution in [2.75, 3.05) is 23.3 Å². The van der Waals surface area contributed by atoms with Crippen LogP contribution in [0.5, 0.6) is 0 Å². The van der Waals surface area contributed by atoms with Crippen molar-refractivity contribution >= 4 is 39.9 Å². The number of piperidine rings is 1. The minimum atomic E-state index is -4.51. The highest BCUT2D eigenvalue weighted by Gasteiger charge is 2.31. The molecule has 0 atom stereocenters. The molecule has 0 unspecified atom stereocenters. The number of rotatable bonds is 7. The van der Waals surface area contributed by atoms with Crippen molar-refractivity contribution in [1.29, 1.82) is 0 Å². The molecule has 5 rings (SSSR count). The lowest BCUT2D eigenvalue weighted by Gasteiger charge is -2.30. The van der Waals surface area contributed by atoms with Gasteiger partial charge in [-0.25, -0.2) is 14.4 Å². The Morgan fingerprint density at radius 2 is 1.65 bits per heavy atom. The monoisotopic (exact) mass is 571 g/mol. The van der Waals surface area contributed by atoms with Crippen LogP contribution in [0.4, 0.5) is 29.1 Å². The van der Waals surface area contributed by atoms with Crippen molar-refractivity contribution in [2.45, 2.75) is 32.1 Å². The Morgan fingerprint density at radius 1 is 0.975 bits per heavy atom. The van der Waals surface area contributed by atoms with E-state index in [9.17, 15) is 22.4 Å². The molecule has 1 saturated heterocycles. The second kappa shape index (κ2) is 11.8. The van der Waals surface area contributed by atoms with Crippen molar-refractivity contribution in [2.24, 2.45) is 5.92 Å². The highest BCUT2D eigenvalue weighted by Crippen LogP contribution is 2.33. The van der Waals surface area contributed by atoms with Crippen LogP contribution in [0, 0.1) is 11.7 Å². The summed E-state index contributed by atoms with van der Waals surface area (Å²) in [7, 11) is 0. The van der Waals surface area contributed by atoms with E-state index in [1.54, 1.807) is 17.0 Å². The van der Waals surface area contributed by atoms with E-state index in [1.165, 1.54) is 18.2 Å². The number of anilines is 2. The van der Waals surface area contributed by atoms with Gasteiger partial charge in [0.2, 0.25) is 11.2 Å². The largest absolute Gasteiger partial charge is 0.416 e. The standard InChI is InChI=1S/C29H26ClF4N5O/c30-28-37-25-10-5-21(29(32,33)34)15-24(25)26(38-28)36-16-18-3-8-23(9-4-18)39(17-19-1-6-22(31)7-2-19)27(40)20-11-13-35-14-12-20/h1-10,15,20,35H,11-14,16-17H2,(H,36,37,38). The Hall–Kier alpha value is -3.76. The number of carbonyl (C=O) groups excluding carboxylic acids is 1. The third-order valence-corrected chi connectivity index (χ3v) is 7.08. The third-order valence-electron chi connectivity index (χ3n) is 6.91. The zero-order valence-electron chi connectivity index (χ0n) is 21.3. The molecule has 0 saturated carbocycles. The second-order valence-electron chi connectivity index (χ2n) is 9.67. The fourth-order valence-corrected chi connectivity index (χ4v) is 4.92. The Kier molecular flexibility index (Phi) is 8.18. The molecule has 11 heteroatoms. The maximum atomic E-state index is 13.5. The SMILES string of the molecule is O=C(C1CCNCC1)N(Cc1ccc(F)cc1)c1ccc(CNc2nc(Cl)nc3ccc(C(F)(F)F)cc23)cc1. The van der Waals surface area contributed by atoms with Crippen molar-refractivity contribution in [3.63, 3.8) is 0 Å². The van der Waals surface area contributed by atoms with Gasteiger partial charge in [-0.3, -0.25) is 4.79 Å². The van der Waals surface area contributed by atoms with E-state index >= 15 is 0 Å². The number of amides is 1. The highest BCUT2D eigenvalue weighted by molar-refractivity contribution is 6.28.